The van der Waals surface area contributed by atoms with Gasteiger partial charge in [0.15, 0.2) is 0 Å². The maximum Gasteiger partial charge on any atom is 0.255 e. The van der Waals surface area contributed by atoms with E-state index in [9.17, 15) is 13.2 Å². The molecule has 0 saturated carbocycles. The number of hydrogen-bond donors (Lipinski definition) is 1. The van der Waals surface area contributed by atoms with Crippen LogP contribution < -0.4 is 5.32 Å². The van der Waals surface area contributed by atoms with Gasteiger partial charge in [-0.2, -0.15) is 4.31 Å². The molecule has 0 bridgehead atoms. The Kier molecular flexibility index (Phi) is 6.31. The van der Waals surface area contributed by atoms with Crippen LogP contribution in [0.5, 0.6) is 0 Å². The van der Waals surface area contributed by atoms with Gasteiger partial charge in [-0.3, -0.25) is 4.79 Å². The van der Waals surface area contributed by atoms with Gasteiger partial charge < -0.3 is 5.32 Å². The van der Waals surface area contributed by atoms with Crippen LogP contribution in [0.15, 0.2) is 53.4 Å². The van der Waals surface area contributed by atoms with Gasteiger partial charge in [-0.25, -0.2) is 8.42 Å². The monoisotopic (exact) mass is 484 g/mol. The van der Waals surface area contributed by atoms with E-state index in [0.717, 1.165) is 29.3 Å². The second-order valence-electron chi connectivity index (χ2n) is 6.31. The van der Waals surface area contributed by atoms with Gasteiger partial charge in [0.25, 0.3) is 5.91 Å². The lowest BCUT2D eigenvalue weighted by molar-refractivity contribution is 0.102. The number of carbonyl (C=O) groups excluding carboxylic acids is 1. The first kappa shape index (κ1) is 19.3. The Labute approximate surface area is 168 Å². The maximum atomic E-state index is 12.8. The molecule has 5 nitrogen and oxygen atoms in total. The van der Waals surface area contributed by atoms with Crippen molar-refractivity contribution < 1.29 is 13.2 Å². The van der Waals surface area contributed by atoms with E-state index in [1.54, 1.807) is 40.7 Å². The summed E-state index contributed by atoms with van der Waals surface area (Å²) in [6.45, 7) is 1.15. The van der Waals surface area contributed by atoms with Crippen molar-refractivity contribution in [1.29, 1.82) is 0 Å². The van der Waals surface area contributed by atoms with Gasteiger partial charge >= 0.3 is 0 Å². The third-order valence-corrected chi connectivity index (χ3v) is 6.99. The van der Waals surface area contributed by atoms with Crippen LogP contribution in [0.2, 0.25) is 0 Å². The lowest BCUT2D eigenvalue weighted by Gasteiger charge is -2.20. The molecule has 1 fully saturated rings. The van der Waals surface area contributed by atoms with E-state index in [4.69, 9.17) is 0 Å². The number of halogens is 1. The number of hydrogen-bond acceptors (Lipinski definition) is 3. The summed E-state index contributed by atoms with van der Waals surface area (Å²) in [4.78, 5) is 12.6. The zero-order chi connectivity index (χ0) is 18.6. The zero-order valence-corrected chi connectivity index (χ0v) is 17.3. The van der Waals surface area contributed by atoms with Crippen LogP contribution in [0.25, 0.3) is 0 Å². The highest BCUT2D eigenvalue weighted by atomic mass is 127. The predicted octanol–water partition coefficient (Wildman–Crippen LogP) is 4.11. The van der Waals surface area contributed by atoms with Crippen LogP contribution in [-0.4, -0.2) is 31.7 Å². The Bertz CT molecular complexity index is 874. The topological polar surface area (TPSA) is 66.5 Å². The van der Waals surface area contributed by atoms with Crippen molar-refractivity contribution in [3.05, 3.63) is 57.7 Å². The van der Waals surface area contributed by atoms with Crippen molar-refractivity contribution in [2.45, 2.75) is 30.6 Å². The van der Waals surface area contributed by atoms with Crippen LogP contribution in [0.1, 0.15) is 36.0 Å². The van der Waals surface area contributed by atoms with Crippen molar-refractivity contribution in [2.24, 2.45) is 0 Å². The molecule has 0 aromatic heterocycles. The lowest BCUT2D eigenvalue weighted by atomic mass is 10.2. The molecule has 1 saturated heterocycles. The van der Waals surface area contributed by atoms with Crippen molar-refractivity contribution in [3.8, 4) is 0 Å². The molecular weight excluding hydrogens is 463 g/mol. The van der Waals surface area contributed by atoms with Gasteiger partial charge in [-0.15, -0.1) is 0 Å². The first-order valence-electron chi connectivity index (χ1n) is 8.64. The highest BCUT2D eigenvalue weighted by Gasteiger charge is 2.24. The molecule has 1 N–H and O–H groups in total. The SMILES string of the molecule is O=C(Nc1ccc(S(=O)(=O)N2CCCCCC2)cc1)c1cccc(I)c1. The average molecular weight is 484 g/mol. The number of carbonyl (C=O) groups is 1. The van der Waals surface area contributed by atoms with Crippen LogP contribution in [-0.2, 0) is 10.0 Å². The summed E-state index contributed by atoms with van der Waals surface area (Å²) in [6, 6.07) is 13.7. The predicted molar refractivity (Wildman–Crippen MR) is 111 cm³/mol. The smallest absolute Gasteiger partial charge is 0.255 e. The number of nitrogens with zero attached hydrogens (tertiary/aromatic N) is 1. The van der Waals surface area contributed by atoms with Crippen molar-refractivity contribution in [1.82, 2.24) is 4.31 Å². The van der Waals surface area contributed by atoms with E-state index >= 15 is 0 Å². The first-order chi connectivity index (χ1) is 12.5. The summed E-state index contributed by atoms with van der Waals surface area (Å²) < 4.78 is 28.1. The number of rotatable bonds is 4. The molecule has 1 aliphatic rings. The van der Waals surface area contributed by atoms with Crippen LogP contribution in [0, 0.1) is 3.57 Å². The van der Waals surface area contributed by atoms with Gasteiger partial charge in [0, 0.05) is 27.9 Å². The average Bonchev–Trinajstić information content (AvgIpc) is 2.92. The van der Waals surface area contributed by atoms with Crippen LogP contribution >= 0.6 is 22.6 Å². The number of nitrogens with one attached hydrogen (secondary N) is 1. The summed E-state index contributed by atoms with van der Waals surface area (Å²) in [5.41, 5.74) is 1.14. The van der Waals surface area contributed by atoms with Crippen molar-refractivity contribution in [2.75, 3.05) is 18.4 Å². The third-order valence-electron chi connectivity index (χ3n) is 4.40. The Hall–Kier alpha value is -1.45. The van der Waals surface area contributed by atoms with E-state index in [1.165, 1.54) is 0 Å². The summed E-state index contributed by atoms with van der Waals surface area (Å²) >= 11 is 2.16. The normalized spacial score (nSPS) is 16.0. The van der Waals surface area contributed by atoms with E-state index in [2.05, 4.69) is 27.9 Å². The molecule has 2 aromatic rings. The molecule has 138 valence electrons. The molecule has 0 unspecified atom stereocenters. The standard InChI is InChI=1S/C19H21IN2O3S/c20-16-7-5-6-15(14-16)19(23)21-17-8-10-18(11-9-17)26(24,25)22-12-3-1-2-4-13-22/h5-11,14H,1-4,12-13H2,(H,21,23). The van der Waals surface area contributed by atoms with Crippen molar-refractivity contribution in [3.63, 3.8) is 0 Å². The molecule has 2 aromatic carbocycles. The van der Waals surface area contributed by atoms with E-state index in [1.807, 2.05) is 12.1 Å². The van der Waals surface area contributed by atoms with E-state index in [0.29, 0.717) is 24.3 Å². The lowest BCUT2D eigenvalue weighted by Crippen LogP contribution is -2.31. The molecule has 0 atom stereocenters. The number of benzene rings is 2. The highest BCUT2D eigenvalue weighted by molar-refractivity contribution is 14.1. The summed E-state index contributed by atoms with van der Waals surface area (Å²) in [6.07, 6.45) is 3.97. The van der Waals surface area contributed by atoms with Gasteiger partial charge in [0.1, 0.15) is 0 Å². The molecule has 1 amide bonds. The third kappa shape index (κ3) is 4.63. The maximum absolute atomic E-state index is 12.8. The van der Waals surface area contributed by atoms with Gasteiger partial charge in [-0.1, -0.05) is 18.9 Å². The second kappa shape index (κ2) is 8.49. The summed E-state index contributed by atoms with van der Waals surface area (Å²) in [5, 5.41) is 2.80. The van der Waals surface area contributed by atoms with Crippen molar-refractivity contribution >= 4 is 44.2 Å². The summed E-state index contributed by atoms with van der Waals surface area (Å²) in [7, 11) is -3.47. The second-order valence-corrected chi connectivity index (χ2v) is 9.49. The van der Waals surface area contributed by atoms with Gasteiger partial charge in [0.05, 0.1) is 4.90 Å². The Morgan fingerprint density at radius 1 is 0.962 bits per heavy atom. The number of amides is 1. The molecule has 0 aliphatic carbocycles. The minimum Gasteiger partial charge on any atom is -0.322 e. The minimum absolute atomic E-state index is 0.216. The molecule has 1 heterocycles. The molecular formula is C19H21IN2O3S. The quantitative estimate of drug-likeness (QED) is 0.665. The highest BCUT2D eigenvalue weighted by Crippen LogP contribution is 2.22. The molecule has 7 heteroatoms. The largest absolute Gasteiger partial charge is 0.322 e. The fourth-order valence-electron chi connectivity index (χ4n) is 2.97. The van der Waals surface area contributed by atoms with E-state index < -0.39 is 10.0 Å². The Morgan fingerprint density at radius 3 is 2.23 bits per heavy atom. The van der Waals surface area contributed by atoms with Crippen LogP contribution in [0.4, 0.5) is 5.69 Å². The van der Waals surface area contributed by atoms with Crippen LogP contribution in [0.3, 0.4) is 0 Å². The van der Waals surface area contributed by atoms with Gasteiger partial charge in [-0.05, 0) is 77.9 Å². The minimum atomic E-state index is -3.47. The molecule has 1 aliphatic heterocycles. The first-order valence-corrected chi connectivity index (χ1v) is 11.2. The summed E-state index contributed by atoms with van der Waals surface area (Å²) in [5.74, 6) is -0.216. The zero-order valence-electron chi connectivity index (χ0n) is 14.3. The molecule has 0 radical (unpaired) electrons. The van der Waals surface area contributed by atoms with Gasteiger partial charge in [0.2, 0.25) is 10.0 Å². The molecule has 26 heavy (non-hydrogen) atoms. The fourth-order valence-corrected chi connectivity index (χ4v) is 5.03. The Balaban J connectivity index is 1.72. The number of sulfonamides is 1. The van der Waals surface area contributed by atoms with E-state index in [-0.39, 0.29) is 10.8 Å². The Morgan fingerprint density at radius 2 is 1.62 bits per heavy atom. The molecule has 0 spiro atoms. The number of anilines is 1. The molecule has 3 rings (SSSR count). The fraction of sp³-hybridized carbons (Fsp3) is 0.316.